The van der Waals surface area contributed by atoms with E-state index in [1.165, 1.54) is 0 Å². The molecule has 1 aromatic heterocycles. The SMILES string of the molecule is CCC(=O)c1ccc2oc(-c3ccccc3C)nc2c1. The Morgan fingerprint density at radius 2 is 2.00 bits per heavy atom. The largest absolute Gasteiger partial charge is 0.436 e. The van der Waals surface area contributed by atoms with Crippen molar-refractivity contribution in [1.29, 1.82) is 0 Å². The molecule has 0 aliphatic heterocycles. The third-order valence-corrected chi connectivity index (χ3v) is 3.41. The van der Waals surface area contributed by atoms with E-state index in [4.69, 9.17) is 4.42 Å². The molecule has 0 spiro atoms. The van der Waals surface area contributed by atoms with Crippen molar-refractivity contribution >= 4 is 16.9 Å². The van der Waals surface area contributed by atoms with E-state index in [0.717, 1.165) is 16.6 Å². The van der Waals surface area contributed by atoms with Crippen LogP contribution < -0.4 is 0 Å². The predicted molar refractivity (Wildman–Crippen MR) is 78.8 cm³/mol. The van der Waals surface area contributed by atoms with E-state index in [9.17, 15) is 4.79 Å². The van der Waals surface area contributed by atoms with Crippen molar-refractivity contribution in [2.75, 3.05) is 0 Å². The van der Waals surface area contributed by atoms with Crippen molar-refractivity contribution in [2.24, 2.45) is 0 Å². The molecule has 0 aliphatic rings. The van der Waals surface area contributed by atoms with E-state index in [0.29, 0.717) is 23.5 Å². The van der Waals surface area contributed by atoms with Gasteiger partial charge in [0.25, 0.3) is 0 Å². The second-order valence-electron chi connectivity index (χ2n) is 4.79. The standard InChI is InChI=1S/C17H15NO2/c1-3-15(19)12-8-9-16-14(10-12)18-17(20-16)13-7-5-4-6-11(13)2/h4-10H,3H2,1-2H3. The number of hydrogen-bond acceptors (Lipinski definition) is 3. The molecule has 1 heterocycles. The van der Waals surface area contributed by atoms with Crippen LogP contribution in [0.15, 0.2) is 46.9 Å². The molecule has 0 aliphatic carbocycles. The number of carbonyl (C=O) groups excluding carboxylic acids is 1. The number of carbonyl (C=O) groups is 1. The van der Waals surface area contributed by atoms with Gasteiger partial charge in [0.15, 0.2) is 11.4 Å². The van der Waals surface area contributed by atoms with Crippen molar-refractivity contribution in [3.05, 3.63) is 53.6 Å². The van der Waals surface area contributed by atoms with Crippen LogP contribution in [0.5, 0.6) is 0 Å². The first-order valence-electron chi connectivity index (χ1n) is 6.69. The third-order valence-electron chi connectivity index (χ3n) is 3.41. The van der Waals surface area contributed by atoms with Gasteiger partial charge in [0.2, 0.25) is 5.89 Å². The maximum Gasteiger partial charge on any atom is 0.227 e. The minimum absolute atomic E-state index is 0.118. The fourth-order valence-electron chi connectivity index (χ4n) is 2.23. The Hall–Kier alpha value is -2.42. The van der Waals surface area contributed by atoms with Crippen LogP contribution in [0.25, 0.3) is 22.6 Å². The average Bonchev–Trinajstić information content (AvgIpc) is 2.89. The summed E-state index contributed by atoms with van der Waals surface area (Å²) in [4.78, 5) is 16.2. The zero-order chi connectivity index (χ0) is 14.1. The Labute approximate surface area is 117 Å². The van der Waals surface area contributed by atoms with E-state index in [2.05, 4.69) is 4.98 Å². The van der Waals surface area contributed by atoms with E-state index < -0.39 is 0 Å². The number of oxazole rings is 1. The van der Waals surface area contributed by atoms with Crippen LogP contribution in [-0.4, -0.2) is 10.8 Å². The molecule has 0 radical (unpaired) electrons. The quantitative estimate of drug-likeness (QED) is 0.659. The molecule has 3 heteroatoms. The minimum Gasteiger partial charge on any atom is -0.436 e. The summed E-state index contributed by atoms with van der Waals surface area (Å²) >= 11 is 0. The number of rotatable bonds is 3. The fourth-order valence-corrected chi connectivity index (χ4v) is 2.23. The van der Waals surface area contributed by atoms with Crippen molar-refractivity contribution in [1.82, 2.24) is 4.98 Å². The monoisotopic (exact) mass is 265 g/mol. The zero-order valence-corrected chi connectivity index (χ0v) is 11.5. The van der Waals surface area contributed by atoms with Gasteiger partial charge in [-0.3, -0.25) is 4.79 Å². The summed E-state index contributed by atoms with van der Waals surface area (Å²) in [5.41, 5.74) is 4.21. The normalized spacial score (nSPS) is 10.9. The van der Waals surface area contributed by atoms with Crippen LogP contribution in [0.2, 0.25) is 0 Å². The van der Waals surface area contributed by atoms with Crippen LogP contribution in [-0.2, 0) is 0 Å². The average molecular weight is 265 g/mol. The highest BCUT2D eigenvalue weighted by Gasteiger charge is 2.12. The maximum absolute atomic E-state index is 11.7. The molecule has 2 aromatic carbocycles. The molecule has 0 saturated carbocycles. The number of aromatic nitrogens is 1. The topological polar surface area (TPSA) is 43.1 Å². The first-order valence-corrected chi connectivity index (χ1v) is 6.69. The van der Waals surface area contributed by atoms with Gasteiger partial charge in [-0.2, -0.15) is 0 Å². The van der Waals surface area contributed by atoms with Crippen molar-refractivity contribution in [3.8, 4) is 11.5 Å². The van der Waals surface area contributed by atoms with Gasteiger partial charge < -0.3 is 4.42 Å². The second-order valence-corrected chi connectivity index (χ2v) is 4.79. The number of Topliss-reactive ketones (excluding diaryl/α,β-unsaturated/α-hetero) is 1. The number of aryl methyl sites for hydroxylation is 1. The highest BCUT2D eigenvalue weighted by molar-refractivity contribution is 5.98. The highest BCUT2D eigenvalue weighted by Crippen LogP contribution is 2.27. The Kier molecular flexibility index (Phi) is 3.11. The minimum atomic E-state index is 0.118. The first-order chi connectivity index (χ1) is 9.69. The molecular weight excluding hydrogens is 250 g/mol. The second kappa shape index (κ2) is 4.93. The zero-order valence-electron chi connectivity index (χ0n) is 11.5. The Morgan fingerprint density at radius 1 is 1.20 bits per heavy atom. The van der Waals surface area contributed by atoms with Gasteiger partial charge in [-0.1, -0.05) is 25.1 Å². The molecule has 0 bridgehead atoms. The van der Waals surface area contributed by atoms with Crippen LogP contribution in [0.3, 0.4) is 0 Å². The third kappa shape index (κ3) is 2.11. The number of nitrogens with zero attached hydrogens (tertiary/aromatic N) is 1. The summed E-state index contributed by atoms with van der Waals surface area (Å²) < 4.78 is 5.78. The molecule has 0 fully saturated rings. The smallest absolute Gasteiger partial charge is 0.227 e. The van der Waals surface area contributed by atoms with E-state index in [1.807, 2.05) is 44.2 Å². The highest BCUT2D eigenvalue weighted by atomic mass is 16.3. The van der Waals surface area contributed by atoms with Crippen LogP contribution >= 0.6 is 0 Å². The summed E-state index contributed by atoms with van der Waals surface area (Å²) in [6.07, 6.45) is 0.494. The van der Waals surface area contributed by atoms with Crippen molar-refractivity contribution in [3.63, 3.8) is 0 Å². The molecule has 0 N–H and O–H groups in total. The number of benzene rings is 2. The molecule has 3 rings (SSSR count). The summed E-state index contributed by atoms with van der Waals surface area (Å²) in [5.74, 6) is 0.714. The fraction of sp³-hybridized carbons (Fsp3) is 0.176. The number of hydrogen-bond donors (Lipinski definition) is 0. The lowest BCUT2D eigenvalue weighted by atomic mass is 10.1. The molecule has 0 unspecified atom stereocenters. The Balaban J connectivity index is 2.12. The molecular formula is C17H15NO2. The lowest BCUT2D eigenvalue weighted by molar-refractivity contribution is 0.0988. The van der Waals surface area contributed by atoms with E-state index >= 15 is 0 Å². The Morgan fingerprint density at radius 3 is 2.75 bits per heavy atom. The Bertz CT molecular complexity index is 787. The van der Waals surface area contributed by atoms with Gasteiger partial charge in [-0.05, 0) is 36.8 Å². The van der Waals surface area contributed by atoms with Gasteiger partial charge in [-0.25, -0.2) is 4.98 Å². The predicted octanol–water partition coefficient (Wildman–Crippen LogP) is 4.40. The van der Waals surface area contributed by atoms with E-state index in [-0.39, 0.29) is 5.78 Å². The van der Waals surface area contributed by atoms with Gasteiger partial charge in [0, 0.05) is 17.5 Å². The van der Waals surface area contributed by atoms with Gasteiger partial charge >= 0.3 is 0 Å². The number of ketones is 1. The maximum atomic E-state index is 11.7. The van der Waals surface area contributed by atoms with Gasteiger partial charge in [0.05, 0.1) is 0 Å². The molecule has 0 saturated heterocycles. The van der Waals surface area contributed by atoms with E-state index in [1.54, 1.807) is 12.1 Å². The molecule has 100 valence electrons. The number of fused-ring (bicyclic) bond motifs is 1. The molecule has 3 nitrogen and oxygen atoms in total. The van der Waals surface area contributed by atoms with Crippen molar-refractivity contribution in [2.45, 2.75) is 20.3 Å². The molecule has 0 atom stereocenters. The summed E-state index contributed by atoms with van der Waals surface area (Å²) in [7, 11) is 0. The molecule has 3 aromatic rings. The van der Waals surface area contributed by atoms with Gasteiger partial charge in [-0.15, -0.1) is 0 Å². The lowest BCUT2D eigenvalue weighted by Crippen LogP contribution is -1.95. The van der Waals surface area contributed by atoms with Crippen LogP contribution in [0, 0.1) is 6.92 Å². The van der Waals surface area contributed by atoms with Gasteiger partial charge in [0.1, 0.15) is 5.52 Å². The first kappa shape index (κ1) is 12.6. The summed E-state index contributed by atoms with van der Waals surface area (Å²) in [6, 6.07) is 13.4. The van der Waals surface area contributed by atoms with Crippen LogP contribution in [0.1, 0.15) is 29.3 Å². The molecule has 20 heavy (non-hydrogen) atoms. The van der Waals surface area contributed by atoms with Crippen LogP contribution in [0.4, 0.5) is 0 Å². The van der Waals surface area contributed by atoms with Crippen molar-refractivity contribution < 1.29 is 9.21 Å². The summed E-state index contributed by atoms with van der Waals surface area (Å²) in [5, 5.41) is 0. The molecule has 0 amide bonds. The summed E-state index contributed by atoms with van der Waals surface area (Å²) in [6.45, 7) is 3.88. The lowest BCUT2D eigenvalue weighted by Gasteiger charge is -1.98.